The second-order valence-electron chi connectivity index (χ2n) is 3.01. The highest BCUT2D eigenvalue weighted by Crippen LogP contribution is 2.10. The van der Waals surface area contributed by atoms with Crippen LogP contribution in [0.2, 0.25) is 0 Å². The molecule has 0 spiro atoms. The van der Waals surface area contributed by atoms with Crippen molar-refractivity contribution >= 4 is 11.7 Å². The minimum atomic E-state index is -0.963. The van der Waals surface area contributed by atoms with Gasteiger partial charge in [-0.2, -0.15) is 0 Å². The second-order valence-corrected chi connectivity index (χ2v) is 3.01. The number of methoxy groups -OCH3 is 1. The minimum Gasteiger partial charge on any atom is -0.479 e. The standard InChI is InChI=1S/C10H13NO3/c1-14-9(10(12)13)6-7-3-2-4-8(11)5-7/h2-5,9H,6,11H2,1H3,(H,12,13). The minimum absolute atomic E-state index is 0.330. The van der Waals surface area contributed by atoms with Gasteiger partial charge in [-0.3, -0.25) is 0 Å². The molecule has 0 fully saturated rings. The van der Waals surface area contributed by atoms with E-state index in [1.165, 1.54) is 7.11 Å². The summed E-state index contributed by atoms with van der Waals surface area (Å²) in [5.74, 6) is -0.963. The zero-order valence-corrected chi connectivity index (χ0v) is 7.93. The van der Waals surface area contributed by atoms with Crippen molar-refractivity contribution in [2.45, 2.75) is 12.5 Å². The third-order valence-electron chi connectivity index (χ3n) is 1.93. The van der Waals surface area contributed by atoms with E-state index in [0.717, 1.165) is 5.56 Å². The molecular weight excluding hydrogens is 182 g/mol. The fraction of sp³-hybridized carbons (Fsp3) is 0.300. The van der Waals surface area contributed by atoms with Crippen molar-refractivity contribution in [3.63, 3.8) is 0 Å². The number of benzene rings is 1. The van der Waals surface area contributed by atoms with Crippen LogP contribution in [0.4, 0.5) is 5.69 Å². The van der Waals surface area contributed by atoms with Crippen LogP contribution < -0.4 is 5.73 Å². The molecule has 3 N–H and O–H groups in total. The molecule has 0 aromatic heterocycles. The Labute approximate surface area is 82.3 Å². The number of carbonyl (C=O) groups is 1. The van der Waals surface area contributed by atoms with E-state index in [-0.39, 0.29) is 0 Å². The van der Waals surface area contributed by atoms with E-state index in [1.807, 2.05) is 6.07 Å². The summed E-state index contributed by atoms with van der Waals surface area (Å²) < 4.78 is 4.82. The highest BCUT2D eigenvalue weighted by molar-refractivity contribution is 5.72. The van der Waals surface area contributed by atoms with Crippen molar-refractivity contribution in [1.82, 2.24) is 0 Å². The lowest BCUT2D eigenvalue weighted by Crippen LogP contribution is -2.24. The van der Waals surface area contributed by atoms with Gasteiger partial charge in [0.15, 0.2) is 6.10 Å². The third-order valence-corrected chi connectivity index (χ3v) is 1.93. The first-order valence-electron chi connectivity index (χ1n) is 4.23. The molecule has 4 heteroatoms. The molecule has 0 aliphatic carbocycles. The van der Waals surface area contributed by atoms with Crippen molar-refractivity contribution in [2.75, 3.05) is 12.8 Å². The molecule has 1 aromatic carbocycles. The molecule has 0 aliphatic heterocycles. The lowest BCUT2D eigenvalue weighted by atomic mass is 10.1. The van der Waals surface area contributed by atoms with Crippen molar-refractivity contribution in [1.29, 1.82) is 0 Å². The van der Waals surface area contributed by atoms with Gasteiger partial charge in [-0.05, 0) is 17.7 Å². The quantitative estimate of drug-likeness (QED) is 0.700. The summed E-state index contributed by atoms with van der Waals surface area (Å²) in [6, 6.07) is 7.12. The second kappa shape index (κ2) is 4.62. The fourth-order valence-electron chi connectivity index (χ4n) is 1.21. The molecule has 0 aliphatic rings. The lowest BCUT2D eigenvalue weighted by molar-refractivity contribution is -0.148. The first kappa shape index (κ1) is 10.5. The van der Waals surface area contributed by atoms with Crippen LogP contribution in [0.1, 0.15) is 5.56 Å². The number of aliphatic carboxylic acids is 1. The van der Waals surface area contributed by atoms with Crippen LogP contribution >= 0.6 is 0 Å². The summed E-state index contributed by atoms with van der Waals surface area (Å²) >= 11 is 0. The topological polar surface area (TPSA) is 72.5 Å². The Morgan fingerprint density at radius 1 is 1.64 bits per heavy atom. The van der Waals surface area contributed by atoms with E-state index < -0.39 is 12.1 Å². The van der Waals surface area contributed by atoms with Gasteiger partial charge >= 0.3 is 5.97 Å². The zero-order chi connectivity index (χ0) is 10.6. The average Bonchev–Trinajstić information content (AvgIpc) is 2.14. The molecule has 0 saturated heterocycles. The lowest BCUT2D eigenvalue weighted by Gasteiger charge is -2.10. The molecule has 0 bridgehead atoms. The number of hydrogen-bond donors (Lipinski definition) is 2. The summed E-state index contributed by atoms with van der Waals surface area (Å²) in [5.41, 5.74) is 7.05. The number of carboxylic acid groups (broad SMARTS) is 1. The molecular formula is C10H13NO3. The molecule has 4 nitrogen and oxygen atoms in total. The molecule has 0 saturated carbocycles. The third kappa shape index (κ3) is 2.74. The van der Waals surface area contributed by atoms with Crippen LogP contribution in [0, 0.1) is 0 Å². The van der Waals surface area contributed by atoms with Crippen LogP contribution in [0.3, 0.4) is 0 Å². The maximum absolute atomic E-state index is 10.7. The molecule has 76 valence electrons. The van der Waals surface area contributed by atoms with Crippen molar-refractivity contribution in [3.05, 3.63) is 29.8 Å². The van der Waals surface area contributed by atoms with Crippen LogP contribution in [0.25, 0.3) is 0 Å². The number of nitrogens with two attached hydrogens (primary N) is 1. The molecule has 0 amide bonds. The van der Waals surface area contributed by atoms with E-state index in [0.29, 0.717) is 12.1 Å². The number of rotatable bonds is 4. The summed E-state index contributed by atoms with van der Waals surface area (Å²) in [5, 5.41) is 8.75. The van der Waals surface area contributed by atoms with Crippen molar-refractivity contribution in [2.24, 2.45) is 0 Å². The first-order chi connectivity index (χ1) is 6.63. The molecule has 1 aromatic rings. The normalized spacial score (nSPS) is 12.4. The molecule has 0 heterocycles. The number of hydrogen-bond acceptors (Lipinski definition) is 3. The summed E-state index contributed by atoms with van der Waals surface area (Å²) in [6.45, 7) is 0. The fourth-order valence-corrected chi connectivity index (χ4v) is 1.21. The Morgan fingerprint density at radius 3 is 2.86 bits per heavy atom. The maximum atomic E-state index is 10.7. The van der Waals surface area contributed by atoms with Gasteiger partial charge < -0.3 is 15.6 Å². The summed E-state index contributed by atoms with van der Waals surface area (Å²) in [6.07, 6.45) is -0.478. The Hall–Kier alpha value is -1.55. The van der Waals surface area contributed by atoms with Gasteiger partial charge in [0, 0.05) is 19.2 Å². The molecule has 1 atom stereocenters. The number of anilines is 1. The monoisotopic (exact) mass is 195 g/mol. The Morgan fingerprint density at radius 2 is 2.36 bits per heavy atom. The van der Waals surface area contributed by atoms with Gasteiger partial charge in [0.1, 0.15) is 0 Å². The molecule has 14 heavy (non-hydrogen) atoms. The number of nitrogen functional groups attached to an aromatic ring is 1. The van der Waals surface area contributed by atoms with Crippen molar-refractivity contribution in [3.8, 4) is 0 Å². The van der Waals surface area contributed by atoms with Crippen LogP contribution in [0.5, 0.6) is 0 Å². The first-order valence-corrected chi connectivity index (χ1v) is 4.23. The molecule has 1 rings (SSSR count). The van der Waals surface area contributed by atoms with E-state index in [4.69, 9.17) is 15.6 Å². The van der Waals surface area contributed by atoms with Gasteiger partial charge in [0.25, 0.3) is 0 Å². The predicted molar refractivity (Wildman–Crippen MR) is 53.0 cm³/mol. The SMILES string of the molecule is COC(Cc1cccc(N)c1)C(=O)O. The predicted octanol–water partition coefficient (Wildman–Crippen LogP) is 0.911. The number of ether oxygens (including phenoxy) is 1. The Kier molecular flexibility index (Phi) is 3.48. The summed E-state index contributed by atoms with van der Waals surface area (Å²) in [7, 11) is 1.38. The van der Waals surface area contributed by atoms with Crippen LogP contribution in [-0.2, 0) is 16.0 Å². The maximum Gasteiger partial charge on any atom is 0.333 e. The Balaban J connectivity index is 2.72. The molecule has 0 radical (unpaired) electrons. The summed E-state index contributed by atoms with van der Waals surface area (Å²) in [4.78, 5) is 10.7. The smallest absolute Gasteiger partial charge is 0.333 e. The Bertz CT molecular complexity index is 325. The average molecular weight is 195 g/mol. The molecule has 1 unspecified atom stereocenters. The van der Waals surface area contributed by atoms with Crippen molar-refractivity contribution < 1.29 is 14.6 Å². The highest BCUT2D eigenvalue weighted by atomic mass is 16.5. The van der Waals surface area contributed by atoms with Crippen LogP contribution in [0.15, 0.2) is 24.3 Å². The highest BCUT2D eigenvalue weighted by Gasteiger charge is 2.16. The largest absolute Gasteiger partial charge is 0.479 e. The van der Waals surface area contributed by atoms with E-state index in [2.05, 4.69) is 0 Å². The van der Waals surface area contributed by atoms with Gasteiger partial charge in [0.2, 0.25) is 0 Å². The van der Waals surface area contributed by atoms with E-state index in [9.17, 15) is 4.79 Å². The van der Waals surface area contributed by atoms with E-state index in [1.54, 1.807) is 18.2 Å². The van der Waals surface area contributed by atoms with Gasteiger partial charge in [-0.1, -0.05) is 12.1 Å². The van der Waals surface area contributed by atoms with E-state index >= 15 is 0 Å². The van der Waals surface area contributed by atoms with Gasteiger partial charge in [-0.25, -0.2) is 4.79 Å². The van der Waals surface area contributed by atoms with Gasteiger partial charge in [-0.15, -0.1) is 0 Å². The zero-order valence-electron chi connectivity index (χ0n) is 7.93. The van der Waals surface area contributed by atoms with Crippen LogP contribution in [-0.4, -0.2) is 24.3 Å². The van der Waals surface area contributed by atoms with Gasteiger partial charge in [0.05, 0.1) is 0 Å². The number of carboxylic acids is 1.